The fourth-order valence-electron chi connectivity index (χ4n) is 4.19. The summed E-state index contributed by atoms with van der Waals surface area (Å²) < 4.78 is 43.6. The Bertz CT molecular complexity index is 1420. The average molecular weight is 572 g/mol. The SMILES string of the molecule is COC1C(O)[C@@H](COP2(=O)OC(c3ccc(Cl)c(Cl)c3)=CC(C)(C)O2)O[C@H]1n1cnc2c(N)ncnc21. The predicted octanol–water partition coefficient (Wildman–Crippen LogP) is 3.98. The van der Waals surface area contributed by atoms with Crippen molar-refractivity contribution in [1.29, 1.82) is 0 Å². The van der Waals surface area contributed by atoms with Gasteiger partial charge in [-0.3, -0.25) is 13.6 Å². The molecule has 1 saturated heterocycles. The summed E-state index contributed by atoms with van der Waals surface area (Å²) in [6, 6.07) is 4.86. The third-order valence-corrected chi connectivity index (χ3v) is 8.20. The molecule has 12 nitrogen and oxygen atoms in total. The van der Waals surface area contributed by atoms with Gasteiger partial charge in [-0.1, -0.05) is 23.2 Å². The molecule has 198 valence electrons. The van der Waals surface area contributed by atoms with Crippen LogP contribution in [-0.4, -0.2) is 62.3 Å². The van der Waals surface area contributed by atoms with Crippen molar-refractivity contribution < 1.29 is 32.7 Å². The van der Waals surface area contributed by atoms with Crippen LogP contribution in [0.25, 0.3) is 16.9 Å². The molecule has 15 heteroatoms. The number of nitrogens with zero attached hydrogens (tertiary/aromatic N) is 4. The standard InChI is InChI=1S/C22H24Cl2N5O7P/c1-22(2)7-14(11-4-5-12(23)13(24)6-11)35-37(31,36-22)33-8-15-17(30)18(32-3)21(34-15)29-10-28-16-19(25)26-9-27-20(16)29/h4-7,9-10,15,17-18,21,30H,8H2,1-3H3,(H2,25,26,27)/t15-,17?,18?,21-,37?/m1/s1. The highest BCUT2D eigenvalue weighted by molar-refractivity contribution is 7.49. The van der Waals surface area contributed by atoms with E-state index in [0.717, 1.165) is 0 Å². The second-order valence-electron chi connectivity index (χ2n) is 9.01. The van der Waals surface area contributed by atoms with Gasteiger partial charge in [-0.25, -0.2) is 19.5 Å². The largest absolute Gasteiger partial charge is 0.531 e. The second-order valence-corrected chi connectivity index (χ2v) is 11.3. The van der Waals surface area contributed by atoms with Crippen LogP contribution in [-0.2, 0) is 27.6 Å². The highest BCUT2D eigenvalue weighted by Crippen LogP contribution is 2.59. The Morgan fingerprint density at radius 1 is 1.24 bits per heavy atom. The number of nitrogen functional groups attached to an aromatic ring is 1. The van der Waals surface area contributed by atoms with Crippen LogP contribution in [0.2, 0.25) is 10.0 Å². The summed E-state index contributed by atoms with van der Waals surface area (Å²) in [5, 5.41) is 11.6. The van der Waals surface area contributed by atoms with Crippen molar-refractivity contribution in [3.63, 3.8) is 0 Å². The number of aliphatic hydroxyl groups excluding tert-OH is 1. The maximum atomic E-state index is 13.5. The lowest BCUT2D eigenvalue weighted by Gasteiger charge is -2.33. The summed E-state index contributed by atoms with van der Waals surface area (Å²) in [4.78, 5) is 12.4. The van der Waals surface area contributed by atoms with Crippen molar-refractivity contribution in [2.45, 2.75) is 44.0 Å². The van der Waals surface area contributed by atoms with E-state index in [2.05, 4.69) is 15.0 Å². The van der Waals surface area contributed by atoms with Crippen molar-refractivity contribution >= 4 is 53.8 Å². The van der Waals surface area contributed by atoms with E-state index >= 15 is 0 Å². The monoisotopic (exact) mass is 571 g/mol. The number of halogens is 2. The number of methoxy groups -OCH3 is 1. The Morgan fingerprint density at radius 2 is 2.03 bits per heavy atom. The Hall–Kier alpha value is -2.28. The minimum atomic E-state index is -4.15. The molecule has 4 heterocycles. The molecule has 1 fully saturated rings. The number of rotatable bonds is 6. The first kappa shape index (κ1) is 26.3. The maximum Gasteiger partial charge on any atom is 0.531 e. The van der Waals surface area contributed by atoms with Crippen LogP contribution >= 0.6 is 31.0 Å². The lowest BCUT2D eigenvalue weighted by Crippen LogP contribution is -2.35. The topological polar surface area (TPSA) is 153 Å². The molecule has 2 aromatic heterocycles. The van der Waals surface area contributed by atoms with E-state index in [1.165, 1.54) is 19.8 Å². The molecule has 1 aromatic carbocycles. The molecule has 0 spiro atoms. The first-order valence-electron chi connectivity index (χ1n) is 11.1. The number of imidazole rings is 1. The van der Waals surface area contributed by atoms with Gasteiger partial charge in [0.15, 0.2) is 17.7 Å². The number of nitrogens with two attached hydrogens (primary N) is 1. The molecule has 3 unspecified atom stereocenters. The van der Waals surface area contributed by atoms with Gasteiger partial charge in [0, 0.05) is 12.7 Å². The van der Waals surface area contributed by atoms with Crippen LogP contribution < -0.4 is 5.73 Å². The van der Waals surface area contributed by atoms with Gasteiger partial charge in [-0.15, -0.1) is 0 Å². The van der Waals surface area contributed by atoms with Gasteiger partial charge < -0.3 is 24.8 Å². The smallest absolute Gasteiger partial charge is 0.404 e. The lowest BCUT2D eigenvalue weighted by molar-refractivity contribution is -0.0601. The minimum absolute atomic E-state index is 0.203. The van der Waals surface area contributed by atoms with Crippen molar-refractivity contribution in [3.8, 4) is 0 Å². The Balaban J connectivity index is 1.35. The van der Waals surface area contributed by atoms with Gasteiger partial charge in [0.2, 0.25) is 0 Å². The summed E-state index contributed by atoms with van der Waals surface area (Å²) in [5.41, 5.74) is 6.20. The number of hydrogen-bond donors (Lipinski definition) is 2. The number of fused-ring (bicyclic) bond motifs is 1. The van der Waals surface area contributed by atoms with Gasteiger partial charge in [-0.2, -0.15) is 0 Å². The zero-order valence-electron chi connectivity index (χ0n) is 19.9. The van der Waals surface area contributed by atoms with Crippen molar-refractivity contribution in [3.05, 3.63) is 52.5 Å². The molecule has 0 amide bonds. The fourth-order valence-corrected chi connectivity index (χ4v) is 5.99. The molecule has 0 saturated carbocycles. The predicted molar refractivity (Wildman–Crippen MR) is 135 cm³/mol. The van der Waals surface area contributed by atoms with E-state index in [4.69, 9.17) is 52.0 Å². The normalized spacial score (nSPS) is 29.3. The second kappa shape index (κ2) is 9.79. The van der Waals surface area contributed by atoms with Crippen molar-refractivity contribution in [2.24, 2.45) is 0 Å². The summed E-state index contributed by atoms with van der Waals surface area (Å²) in [7, 11) is -2.72. The van der Waals surface area contributed by atoms with Crippen LogP contribution in [0.1, 0.15) is 25.6 Å². The number of benzene rings is 1. The minimum Gasteiger partial charge on any atom is -0.404 e. The average Bonchev–Trinajstić information content (AvgIpc) is 3.39. The highest BCUT2D eigenvalue weighted by atomic mass is 35.5. The summed E-state index contributed by atoms with van der Waals surface area (Å²) in [5.74, 6) is 0.454. The molecule has 2 aliphatic rings. The third kappa shape index (κ3) is 5.08. The molecule has 0 bridgehead atoms. The summed E-state index contributed by atoms with van der Waals surface area (Å²) in [6.45, 7) is 3.08. The maximum absolute atomic E-state index is 13.5. The molecule has 5 rings (SSSR count). The van der Waals surface area contributed by atoms with E-state index < -0.39 is 38.0 Å². The number of phosphoric acid groups is 1. The first-order chi connectivity index (χ1) is 17.5. The Kier molecular flexibility index (Phi) is 6.97. The molecule has 3 aromatic rings. The van der Waals surface area contributed by atoms with E-state index in [-0.39, 0.29) is 18.2 Å². The van der Waals surface area contributed by atoms with Crippen molar-refractivity contribution in [2.75, 3.05) is 19.5 Å². The van der Waals surface area contributed by atoms with Gasteiger partial charge in [0.25, 0.3) is 0 Å². The van der Waals surface area contributed by atoms with Crippen LogP contribution in [0.15, 0.2) is 36.9 Å². The fraction of sp³-hybridized carbons (Fsp3) is 0.409. The van der Waals surface area contributed by atoms with Gasteiger partial charge in [-0.05, 0) is 38.1 Å². The van der Waals surface area contributed by atoms with E-state index in [1.54, 1.807) is 42.7 Å². The summed E-state index contributed by atoms with van der Waals surface area (Å²) in [6.07, 6.45) is 0.669. The zero-order chi connectivity index (χ0) is 26.5. The molecular formula is C22H24Cl2N5O7P. The van der Waals surface area contributed by atoms with E-state index in [0.29, 0.717) is 26.8 Å². The van der Waals surface area contributed by atoms with Gasteiger partial charge in [0.1, 0.15) is 35.9 Å². The lowest BCUT2D eigenvalue weighted by atomic mass is 10.1. The number of hydrogen-bond acceptors (Lipinski definition) is 11. The molecule has 0 aliphatic carbocycles. The van der Waals surface area contributed by atoms with Crippen LogP contribution in [0.5, 0.6) is 0 Å². The van der Waals surface area contributed by atoms with Gasteiger partial charge >= 0.3 is 7.82 Å². The quantitative estimate of drug-likeness (QED) is 0.413. The third-order valence-electron chi connectivity index (χ3n) is 5.88. The highest BCUT2D eigenvalue weighted by Gasteiger charge is 2.48. The zero-order valence-corrected chi connectivity index (χ0v) is 22.4. The van der Waals surface area contributed by atoms with Crippen LogP contribution in [0.4, 0.5) is 5.82 Å². The number of anilines is 1. The first-order valence-corrected chi connectivity index (χ1v) is 13.3. The van der Waals surface area contributed by atoms with Crippen molar-refractivity contribution in [1.82, 2.24) is 19.5 Å². The van der Waals surface area contributed by atoms with Crippen LogP contribution in [0, 0.1) is 0 Å². The number of aromatic nitrogens is 4. The van der Waals surface area contributed by atoms with Crippen LogP contribution in [0.3, 0.4) is 0 Å². The molecule has 37 heavy (non-hydrogen) atoms. The molecular weight excluding hydrogens is 548 g/mol. The van der Waals surface area contributed by atoms with E-state index in [9.17, 15) is 9.67 Å². The van der Waals surface area contributed by atoms with Gasteiger partial charge in [0.05, 0.1) is 28.6 Å². The Labute approximate surface area is 221 Å². The number of aliphatic hydroxyl groups is 1. The molecule has 0 radical (unpaired) electrons. The molecule has 2 aliphatic heterocycles. The molecule has 5 atom stereocenters. The number of phosphoric ester groups is 1. The number of ether oxygens (including phenoxy) is 2. The molecule has 3 N–H and O–H groups in total. The van der Waals surface area contributed by atoms with E-state index in [1.807, 2.05) is 0 Å². The Morgan fingerprint density at radius 3 is 2.76 bits per heavy atom. The summed E-state index contributed by atoms with van der Waals surface area (Å²) >= 11 is 12.2.